The highest BCUT2D eigenvalue weighted by Crippen LogP contribution is 2.22. The number of likely N-dealkylation sites (tertiary alicyclic amines) is 1. The summed E-state index contributed by atoms with van der Waals surface area (Å²) in [5.74, 6) is 5.90. The van der Waals surface area contributed by atoms with Crippen LogP contribution in [0.2, 0.25) is 0 Å². The summed E-state index contributed by atoms with van der Waals surface area (Å²) in [4.78, 5) is 2.17. The van der Waals surface area contributed by atoms with Gasteiger partial charge in [-0.2, -0.15) is 0 Å². The van der Waals surface area contributed by atoms with Crippen molar-refractivity contribution in [2.75, 3.05) is 26.3 Å². The van der Waals surface area contributed by atoms with E-state index < -0.39 is 5.60 Å². The van der Waals surface area contributed by atoms with Crippen molar-refractivity contribution in [2.24, 2.45) is 0 Å². The number of benzene rings is 1. The maximum Gasteiger partial charge on any atom is 0.100 e. The van der Waals surface area contributed by atoms with E-state index in [1.807, 2.05) is 24.3 Å². The van der Waals surface area contributed by atoms with Crippen LogP contribution in [0.15, 0.2) is 24.3 Å². The maximum absolute atomic E-state index is 10.2. The molecular formula is C17H23NO3. The molecule has 1 heterocycles. The molecule has 0 saturated carbocycles. The standard InChI is InChI=1S/C17H23NO3/c19-11-2-1-4-15-5-7-16(8-6-15)12-18-10-3-9-17(21,13-18)14-20/h5-8,19-21H,2-3,9-14H2/t17-/m1/s1. The van der Waals surface area contributed by atoms with E-state index in [4.69, 9.17) is 5.11 Å². The predicted molar refractivity (Wildman–Crippen MR) is 81.6 cm³/mol. The van der Waals surface area contributed by atoms with Gasteiger partial charge in [-0.25, -0.2) is 0 Å². The molecule has 4 heteroatoms. The summed E-state index contributed by atoms with van der Waals surface area (Å²) in [6, 6.07) is 8.02. The van der Waals surface area contributed by atoms with Crippen LogP contribution in [0.4, 0.5) is 0 Å². The van der Waals surface area contributed by atoms with Gasteiger partial charge in [-0.3, -0.25) is 4.90 Å². The zero-order valence-electron chi connectivity index (χ0n) is 12.3. The summed E-state index contributed by atoms with van der Waals surface area (Å²) < 4.78 is 0. The Morgan fingerprint density at radius 1 is 1.19 bits per heavy atom. The first-order valence-corrected chi connectivity index (χ1v) is 7.39. The van der Waals surface area contributed by atoms with E-state index in [-0.39, 0.29) is 13.2 Å². The van der Waals surface area contributed by atoms with Crippen molar-refractivity contribution in [1.29, 1.82) is 0 Å². The zero-order valence-corrected chi connectivity index (χ0v) is 12.3. The quantitative estimate of drug-likeness (QED) is 0.715. The smallest absolute Gasteiger partial charge is 0.100 e. The Labute approximate surface area is 126 Å². The van der Waals surface area contributed by atoms with E-state index in [0.29, 0.717) is 19.4 Å². The summed E-state index contributed by atoms with van der Waals surface area (Å²) >= 11 is 0. The largest absolute Gasteiger partial charge is 0.395 e. The topological polar surface area (TPSA) is 63.9 Å². The fourth-order valence-corrected chi connectivity index (χ4v) is 2.64. The van der Waals surface area contributed by atoms with Gasteiger partial charge in [0.15, 0.2) is 0 Å². The van der Waals surface area contributed by atoms with E-state index in [1.165, 1.54) is 5.56 Å². The summed E-state index contributed by atoms with van der Waals surface area (Å²) in [6.45, 7) is 2.14. The van der Waals surface area contributed by atoms with Gasteiger partial charge in [-0.1, -0.05) is 24.0 Å². The van der Waals surface area contributed by atoms with E-state index in [2.05, 4.69) is 16.7 Å². The second-order valence-corrected chi connectivity index (χ2v) is 5.67. The Balaban J connectivity index is 1.93. The number of nitrogens with zero attached hydrogens (tertiary/aromatic N) is 1. The predicted octanol–water partition coefficient (Wildman–Crippen LogP) is 0.740. The first-order valence-electron chi connectivity index (χ1n) is 7.39. The van der Waals surface area contributed by atoms with Crippen molar-refractivity contribution >= 4 is 0 Å². The summed E-state index contributed by atoms with van der Waals surface area (Å²) in [5.41, 5.74) is 1.16. The Bertz CT molecular complexity index is 503. The molecular weight excluding hydrogens is 266 g/mol. The lowest BCUT2D eigenvalue weighted by Crippen LogP contribution is -2.49. The van der Waals surface area contributed by atoms with Crippen LogP contribution in [0, 0.1) is 11.8 Å². The van der Waals surface area contributed by atoms with Gasteiger partial charge in [-0.15, -0.1) is 0 Å². The molecule has 1 fully saturated rings. The monoisotopic (exact) mass is 289 g/mol. The van der Waals surface area contributed by atoms with Crippen LogP contribution < -0.4 is 0 Å². The average molecular weight is 289 g/mol. The van der Waals surface area contributed by atoms with Crippen LogP contribution in [0.25, 0.3) is 0 Å². The molecule has 1 aliphatic heterocycles. The van der Waals surface area contributed by atoms with Crippen LogP contribution in [0.3, 0.4) is 0 Å². The van der Waals surface area contributed by atoms with Gasteiger partial charge in [-0.05, 0) is 37.1 Å². The van der Waals surface area contributed by atoms with Crippen molar-refractivity contribution in [3.63, 3.8) is 0 Å². The van der Waals surface area contributed by atoms with Crippen molar-refractivity contribution in [3.05, 3.63) is 35.4 Å². The Kier molecular flexibility index (Phi) is 5.77. The number of piperidine rings is 1. The van der Waals surface area contributed by atoms with Crippen LogP contribution in [-0.2, 0) is 6.54 Å². The first-order chi connectivity index (χ1) is 10.1. The molecule has 0 bridgehead atoms. The van der Waals surface area contributed by atoms with Crippen LogP contribution in [0.5, 0.6) is 0 Å². The molecule has 1 aromatic carbocycles. The van der Waals surface area contributed by atoms with Gasteiger partial charge in [0, 0.05) is 25.1 Å². The fraction of sp³-hybridized carbons (Fsp3) is 0.529. The molecule has 114 valence electrons. The summed E-state index contributed by atoms with van der Waals surface area (Å²) in [6.07, 6.45) is 2.07. The molecule has 0 aliphatic carbocycles. The summed E-state index contributed by atoms with van der Waals surface area (Å²) in [7, 11) is 0. The lowest BCUT2D eigenvalue weighted by molar-refractivity contribution is -0.0687. The number of hydrogen-bond donors (Lipinski definition) is 3. The highest BCUT2D eigenvalue weighted by atomic mass is 16.3. The number of aliphatic hydroxyl groups excluding tert-OH is 2. The lowest BCUT2D eigenvalue weighted by atomic mass is 9.93. The molecule has 0 aromatic heterocycles. The SMILES string of the molecule is OCCC#Cc1ccc(CN2CCC[C@](O)(CO)C2)cc1. The molecule has 0 radical (unpaired) electrons. The highest BCUT2D eigenvalue weighted by molar-refractivity contribution is 5.36. The fourth-order valence-electron chi connectivity index (χ4n) is 2.64. The average Bonchev–Trinajstić information content (AvgIpc) is 2.49. The van der Waals surface area contributed by atoms with Gasteiger partial charge < -0.3 is 15.3 Å². The van der Waals surface area contributed by atoms with Gasteiger partial charge >= 0.3 is 0 Å². The number of β-amino-alcohol motifs (C(OH)–C–C–N with tert-alkyl or cyclic N) is 1. The van der Waals surface area contributed by atoms with Gasteiger partial charge in [0.05, 0.1) is 13.2 Å². The second kappa shape index (κ2) is 7.58. The van der Waals surface area contributed by atoms with Gasteiger partial charge in [0.2, 0.25) is 0 Å². The third kappa shape index (κ3) is 4.83. The zero-order chi connectivity index (χ0) is 15.1. The van der Waals surface area contributed by atoms with Crippen molar-refractivity contribution < 1.29 is 15.3 Å². The molecule has 1 atom stereocenters. The minimum Gasteiger partial charge on any atom is -0.395 e. The Hall–Kier alpha value is -1.38. The van der Waals surface area contributed by atoms with Crippen LogP contribution in [-0.4, -0.2) is 52.1 Å². The molecule has 4 nitrogen and oxygen atoms in total. The molecule has 3 N–H and O–H groups in total. The van der Waals surface area contributed by atoms with E-state index in [9.17, 15) is 10.2 Å². The molecule has 0 amide bonds. The minimum atomic E-state index is -0.950. The molecule has 0 unspecified atom stereocenters. The molecule has 2 rings (SSSR count). The Morgan fingerprint density at radius 2 is 1.95 bits per heavy atom. The van der Waals surface area contributed by atoms with Gasteiger partial charge in [0.25, 0.3) is 0 Å². The van der Waals surface area contributed by atoms with Crippen molar-refractivity contribution in [2.45, 2.75) is 31.4 Å². The van der Waals surface area contributed by atoms with E-state index in [0.717, 1.165) is 25.1 Å². The first kappa shape index (κ1) is 16.0. The minimum absolute atomic E-state index is 0.0911. The molecule has 0 spiro atoms. The second-order valence-electron chi connectivity index (χ2n) is 5.67. The van der Waals surface area contributed by atoms with Crippen LogP contribution >= 0.6 is 0 Å². The van der Waals surface area contributed by atoms with E-state index in [1.54, 1.807) is 0 Å². The molecule has 21 heavy (non-hydrogen) atoms. The number of aliphatic hydroxyl groups is 3. The van der Waals surface area contributed by atoms with Gasteiger partial charge in [0.1, 0.15) is 5.60 Å². The normalized spacial score (nSPS) is 22.6. The van der Waals surface area contributed by atoms with Crippen LogP contribution in [0.1, 0.15) is 30.4 Å². The lowest BCUT2D eigenvalue weighted by Gasteiger charge is -2.38. The van der Waals surface area contributed by atoms with E-state index >= 15 is 0 Å². The molecule has 1 aliphatic rings. The van der Waals surface area contributed by atoms with Crippen molar-refractivity contribution in [1.82, 2.24) is 4.90 Å². The third-order valence-electron chi connectivity index (χ3n) is 3.76. The summed E-state index contributed by atoms with van der Waals surface area (Å²) in [5, 5.41) is 28.1. The Morgan fingerprint density at radius 3 is 2.62 bits per heavy atom. The third-order valence-corrected chi connectivity index (χ3v) is 3.76. The molecule has 1 saturated heterocycles. The number of rotatable bonds is 4. The molecule has 1 aromatic rings. The highest BCUT2D eigenvalue weighted by Gasteiger charge is 2.32. The maximum atomic E-state index is 10.2. The number of hydrogen-bond acceptors (Lipinski definition) is 4. The van der Waals surface area contributed by atoms with Crippen molar-refractivity contribution in [3.8, 4) is 11.8 Å².